The average Bonchev–Trinajstić information content (AvgIpc) is 2.68. The zero-order valence-corrected chi connectivity index (χ0v) is 10.7. The second kappa shape index (κ2) is 6.36. The third-order valence-corrected chi connectivity index (χ3v) is 3.04. The lowest BCUT2D eigenvalue weighted by atomic mass is 10.2. The van der Waals surface area contributed by atoms with Gasteiger partial charge in [-0.3, -0.25) is 9.69 Å². The van der Waals surface area contributed by atoms with Gasteiger partial charge in [-0.25, -0.2) is 4.79 Å². The Kier molecular flexibility index (Phi) is 5.11. The summed E-state index contributed by atoms with van der Waals surface area (Å²) in [6.45, 7) is 2.28. The molecule has 0 aliphatic rings. The number of hydrogen-bond acceptors (Lipinski definition) is 4. The van der Waals surface area contributed by atoms with E-state index >= 15 is 0 Å². The van der Waals surface area contributed by atoms with Crippen molar-refractivity contribution in [2.45, 2.75) is 19.5 Å². The number of carboxylic acid groups (broad SMARTS) is 1. The molecule has 0 aromatic carbocycles. The summed E-state index contributed by atoms with van der Waals surface area (Å²) in [5, 5.41) is 13.3. The average molecular weight is 256 g/mol. The number of aliphatic carboxylic acids is 1. The Balaban J connectivity index is 2.49. The fourth-order valence-corrected chi connectivity index (χ4v) is 2.26. The maximum Gasteiger partial charge on any atom is 0.327 e. The van der Waals surface area contributed by atoms with Gasteiger partial charge in [-0.2, -0.15) is 0 Å². The van der Waals surface area contributed by atoms with Gasteiger partial charge in [0.05, 0.1) is 0 Å². The number of likely N-dealkylation sites (N-methyl/N-ethyl adjacent to an activating group) is 1. The highest BCUT2D eigenvalue weighted by molar-refractivity contribution is 7.09. The molecular formula is C11H16N2O3S. The van der Waals surface area contributed by atoms with Gasteiger partial charge in [0, 0.05) is 24.9 Å². The molecular weight excluding hydrogens is 240 g/mol. The number of carboxylic acids is 1. The number of nitrogens with zero attached hydrogens (tertiary/aromatic N) is 1. The van der Waals surface area contributed by atoms with Gasteiger partial charge in [0.25, 0.3) is 0 Å². The van der Waals surface area contributed by atoms with Gasteiger partial charge in [-0.1, -0.05) is 6.07 Å². The topological polar surface area (TPSA) is 69.6 Å². The second-order valence-corrected chi connectivity index (χ2v) is 4.90. The van der Waals surface area contributed by atoms with Gasteiger partial charge in [0.1, 0.15) is 6.04 Å². The van der Waals surface area contributed by atoms with Crippen molar-refractivity contribution < 1.29 is 14.7 Å². The van der Waals surface area contributed by atoms with Crippen molar-refractivity contribution in [3.8, 4) is 0 Å². The lowest BCUT2D eigenvalue weighted by molar-refractivity contribution is -0.142. The maximum absolute atomic E-state index is 10.9. The van der Waals surface area contributed by atoms with Crippen LogP contribution in [-0.4, -0.2) is 41.5 Å². The van der Waals surface area contributed by atoms with Crippen LogP contribution in [0.3, 0.4) is 0 Å². The highest BCUT2D eigenvalue weighted by atomic mass is 32.1. The van der Waals surface area contributed by atoms with Crippen molar-refractivity contribution in [1.82, 2.24) is 10.2 Å². The summed E-state index contributed by atoms with van der Waals surface area (Å²) in [6.07, 6.45) is 0. The van der Waals surface area contributed by atoms with Crippen LogP contribution in [0.4, 0.5) is 0 Å². The molecule has 0 saturated carbocycles. The van der Waals surface area contributed by atoms with E-state index in [0.717, 1.165) is 0 Å². The van der Waals surface area contributed by atoms with Crippen molar-refractivity contribution in [3.05, 3.63) is 22.4 Å². The second-order valence-electron chi connectivity index (χ2n) is 3.87. The minimum atomic E-state index is -1.02. The molecule has 1 aromatic rings. The Bertz CT molecular complexity index is 378. The number of carbonyl (C=O) groups excluding carboxylic acids is 1. The van der Waals surface area contributed by atoms with E-state index in [4.69, 9.17) is 5.11 Å². The summed E-state index contributed by atoms with van der Waals surface area (Å²) in [6, 6.07) is 3.09. The van der Waals surface area contributed by atoms with E-state index in [2.05, 4.69) is 5.32 Å². The number of hydrogen-bond donors (Lipinski definition) is 2. The van der Waals surface area contributed by atoms with Crippen molar-refractivity contribution in [3.63, 3.8) is 0 Å². The predicted molar refractivity (Wildman–Crippen MR) is 65.9 cm³/mol. The Labute approximate surface area is 104 Å². The first-order chi connectivity index (χ1) is 7.99. The van der Waals surface area contributed by atoms with Crippen molar-refractivity contribution >= 4 is 23.2 Å². The molecule has 1 heterocycles. The Morgan fingerprint density at radius 1 is 1.59 bits per heavy atom. The minimum absolute atomic E-state index is 0.285. The van der Waals surface area contributed by atoms with E-state index in [1.54, 1.807) is 11.3 Å². The van der Waals surface area contributed by atoms with E-state index in [1.807, 2.05) is 29.5 Å². The predicted octanol–water partition coefficient (Wildman–Crippen LogP) is 0.769. The van der Waals surface area contributed by atoms with E-state index in [0.29, 0.717) is 6.54 Å². The zero-order chi connectivity index (χ0) is 12.8. The summed E-state index contributed by atoms with van der Waals surface area (Å²) < 4.78 is 0. The Morgan fingerprint density at radius 3 is 2.76 bits per heavy atom. The standard InChI is InChI=1S/C11H16N2O3S/c1-8(14)12-10(11(15)16)7-13(2)6-9-4-3-5-17-9/h3-5,10H,6-7H2,1-2H3,(H,12,14)(H,15,16). The van der Waals surface area contributed by atoms with Crippen LogP contribution in [0, 0.1) is 0 Å². The normalized spacial score (nSPS) is 12.4. The first-order valence-corrected chi connectivity index (χ1v) is 6.08. The van der Waals surface area contributed by atoms with Crippen LogP contribution in [0.2, 0.25) is 0 Å². The monoisotopic (exact) mass is 256 g/mol. The molecule has 0 aliphatic carbocycles. The molecule has 17 heavy (non-hydrogen) atoms. The van der Waals surface area contributed by atoms with Crippen molar-refractivity contribution in [2.24, 2.45) is 0 Å². The van der Waals surface area contributed by atoms with Gasteiger partial charge in [-0.05, 0) is 18.5 Å². The molecule has 1 aromatic heterocycles. The summed E-state index contributed by atoms with van der Waals surface area (Å²) in [7, 11) is 1.83. The molecule has 0 spiro atoms. The number of carbonyl (C=O) groups is 2. The lowest BCUT2D eigenvalue weighted by Crippen LogP contribution is -2.46. The van der Waals surface area contributed by atoms with Crippen LogP contribution < -0.4 is 5.32 Å². The van der Waals surface area contributed by atoms with Crippen LogP contribution in [0.25, 0.3) is 0 Å². The van der Waals surface area contributed by atoms with E-state index in [9.17, 15) is 9.59 Å². The summed E-state index contributed by atoms with van der Waals surface area (Å²) in [5.41, 5.74) is 0. The lowest BCUT2D eigenvalue weighted by Gasteiger charge is -2.21. The van der Waals surface area contributed by atoms with Crippen molar-refractivity contribution in [2.75, 3.05) is 13.6 Å². The molecule has 0 fully saturated rings. The molecule has 0 saturated heterocycles. The Hall–Kier alpha value is -1.40. The van der Waals surface area contributed by atoms with Gasteiger partial charge in [0.2, 0.25) is 5.91 Å². The molecule has 0 radical (unpaired) electrons. The molecule has 6 heteroatoms. The molecule has 1 rings (SSSR count). The highest BCUT2D eigenvalue weighted by Crippen LogP contribution is 2.10. The van der Waals surface area contributed by atoms with Crippen LogP contribution in [-0.2, 0) is 16.1 Å². The third-order valence-electron chi connectivity index (χ3n) is 2.18. The summed E-state index contributed by atoms with van der Waals surface area (Å²) >= 11 is 1.62. The van der Waals surface area contributed by atoms with Crippen LogP contribution in [0.5, 0.6) is 0 Å². The molecule has 5 nitrogen and oxygen atoms in total. The van der Waals surface area contributed by atoms with Crippen molar-refractivity contribution in [1.29, 1.82) is 0 Å². The molecule has 1 atom stereocenters. The van der Waals surface area contributed by atoms with Crippen LogP contribution in [0.15, 0.2) is 17.5 Å². The van der Waals surface area contributed by atoms with Gasteiger partial charge >= 0.3 is 5.97 Å². The Morgan fingerprint density at radius 2 is 2.29 bits per heavy atom. The largest absolute Gasteiger partial charge is 0.480 e. The third kappa shape index (κ3) is 4.97. The fraction of sp³-hybridized carbons (Fsp3) is 0.455. The molecule has 0 aliphatic heterocycles. The van der Waals surface area contributed by atoms with Gasteiger partial charge in [-0.15, -0.1) is 11.3 Å². The molecule has 1 unspecified atom stereocenters. The van der Waals surface area contributed by atoms with Gasteiger partial charge in [0.15, 0.2) is 0 Å². The quantitative estimate of drug-likeness (QED) is 0.788. The van der Waals surface area contributed by atoms with E-state index in [1.165, 1.54) is 11.8 Å². The van der Waals surface area contributed by atoms with Crippen LogP contribution >= 0.6 is 11.3 Å². The van der Waals surface area contributed by atoms with Gasteiger partial charge < -0.3 is 10.4 Å². The molecule has 2 N–H and O–H groups in total. The first kappa shape index (κ1) is 13.7. The van der Waals surface area contributed by atoms with E-state index in [-0.39, 0.29) is 12.5 Å². The maximum atomic E-state index is 10.9. The highest BCUT2D eigenvalue weighted by Gasteiger charge is 2.20. The van der Waals surface area contributed by atoms with E-state index < -0.39 is 12.0 Å². The smallest absolute Gasteiger partial charge is 0.327 e. The summed E-state index contributed by atoms with van der Waals surface area (Å²) in [5.74, 6) is -1.35. The van der Waals surface area contributed by atoms with Crippen LogP contribution in [0.1, 0.15) is 11.8 Å². The number of amides is 1. The minimum Gasteiger partial charge on any atom is -0.480 e. The SMILES string of the molecule is CC(=O)NC(CN(C)Cc1cccs1)C(=O)O. The number of nitrogens with one attached hydrogen (secondary N) is 1. The summed E-state index contributed by atoms with van der Waals surface area (Å²) in [4.78, 5) is 24.8. The zero-order valence-electron chi connectivity index (χ0n) is 9.84. The molecule has 0 bridgehead atoms. The number of thiophene rings is 1. The first-order valence-electron chi connectivity index (χ1n) is 5.20. The molecule has 94 valence electrons. The molecule has 1 amide bonds. The fourth-order valence-electron chi connectivity index (χ4n) is 1.48. The number of rotatable bonds is 6.